The molecule has 1 N–H and O–H groups in total. The summed E-state index contributed by atoms with van der Waals surface area (Å²) < 4.78 is 0. The lowest BCUT2D eigenvalue weighted by Gasteiger charge is -2.38. The number of nitrogens with one attached hydrogen (secondary N) is 1. The Hall–Kier alpha value is -3.44. The third kappa shape index (κ3) is 4.48. The van der Waals surface area contributed by atoms with Crippen molar-refractivity contribution in [1.29, 1.82) is 0 Å². The first-order chi connectivity index (χ1) is 16.5. The lowest BCUT2D eigenvalue weighted by molar-refractivity contribution is 0.209. The van der Waals surface area contributed by atoms with Crippen molar-refractivity contribution in [3.8, 4) is 0 Å². The number of aromatic nitrogens is 1. The SMILES string of the molecule is CC(Nc1ccc2ccc3ncc(N4CCN(C(C)C)CC4)cc3c(=O)c2c1)c1ccccc1. The number of pyridine rings is 1. The molecule has 1 fully saturated rings. The average Bonchev–Trinajstić information content (AvgIpc) is 3.01. The van der Waals surface area contributed by atoms with Crippen LogP contribution in [0.2, 0.25) is 0 Å². The van der Waals surface area contributed by atoms with E-state index in [-0.39, 0.29) is 11.5 Å². The minimum absolute atomic E-state index is 0.0289. The summed E-state index contributed by atoms with van der Waals surface area (Å²) in [5.41, 5.74) is 3.94. The molecule has 0 radical (unpaired) electrons. The summed E-state index contributed by atoms with van der Waals surface area (Å²) in [4.78, 5) is 23.2. The first-order valence-electron chi connectivity index (χ1n) is 12.2. The summed E-state index contributed by atoms with van der Waals surface area (Å²) in [6.45, 7) is 10.6. The number of benzene rings is 2. The summed E-state index contributed by atoms with van der Waals surface area (Å²) in [6.07, 6.45) is 1.91. The quantitative estimate of drug-likeness (QED) is 0.436. The van der Waals surface area contributed by atoms with Gasteiger partial charge in [0, 0.05) is 49.3 Å². The molecule has 5 nitrogen and oxygen atoms in total. The van der Waals surface area contributed by atoms with Crippen LogP contribution in [0.4, 0.5) is 11.4 Å². The van der Waals surface area contributed by atoms with Crippen molar-refractivity contribution in [2.45, 2.75) is 32.9 Å². The zero-order valence-electron chi connectivity index (χ0n) is 20.2. The largest absolute Gasteiger partial charge is 0.379 e. The van der Waals surface area contributed by atoms with Crippen LogP contribution in [0.1, 0.15) is 32.4 Å². The van der Waals surface area contributed by atoms with Crippen LogP contribution in [0.5, 0.6) is 0 Å². The molecule has 174 valence electrons. The summed E-state index contributed by atoms with van der Waals surface area (Å²) >= 11 is 0. The second-order valence-electron chi connectivity index (χ2n) is 9.48. The molecule has 1 atom stereocenters. The van der Waals surface area contributed by atoms with Gasteiger partial charge < -0.3 is 10.2 Å². The van der Waals surface area contributed by atoms with Gasteiger partial charge in [-0.05, 0) is 56.0 Å². The first-order valence-corrected chi connectivity index (χ1v) is 12.2. The molecule has 5 rings (SSSR count). The molecule has 1 aliphatic heterocycles. The molecular formula is C29H32N4O. The molecule has 34 heavy (non-hydrogen) atoms. The van der Waals surface area contributed by atoms with Crippen LogP contribution >= 0.6 is 0 Å². The minimum atomic E-state index is 0.0289. The summed E-state index contributed by atoms with van der Waals surface area (Å²) in [5.74, 6) is 0. The number of hydrogen-bond acceptors (Lipinski definition) is 5. The lowest BCUT2D eigenvalue weighted by atomic mass is 10.1. The summed E-state index contributed by atoms with van der Waals surface area (Å²) in [6, 6.07) is 23.0. The van der Waals surface area contributed by atoms with Crippen molar-refractivity contribution < 1.29 is 0 Å². The second-order valence-corrected chi connectivity index (χ2v) is 9.48. The van der Waals surface area contributed by atoms with Crippen LogP contribution < -0.4 is 15.6 Å². The van der Waals surface area contributed by atoms with Gasteiger partial charge in [-0.1, -0.05) is 42.5 Å². The van der Waals surface area contributed by atoms with E-state index >= 15 is 0 Å². The van der Waals surface area contributed by atoms with E-state index in [0.717, 1.165) is 48.5 Å². The van der Waals surface area contributed by atoms with Crippen molar-refractivity contribution >= 4 is 33.1 Å². The molecule has 5 heteroatoms. The lowest BCUT2D eigenvalue weighted by Crippen LogP contribution is -2.48. The van der Waals surface area contributed by atoms with Gasteiger partial charge in [-0.2, -0.15) is 0 Å². The van der Waals surface area contributed by atoms with Crippen molar-refractivity contribution in [3.63, 3.8) is 0 Å². The third-order valence-electron chi connectivity index (χ3n) is 6.96. The standard InChI is InChI=1S/C29H32N4O/c1-20(2)32-13-15-33(16-14-32)25-18-27-28(30-19-25)12-10-23-9-11-24(17-26(23)29(27)34)31-21(3)22-7-5-4-6-8-22/h4-12,17-21,31H,13-16H2,1-3H3. The van der Waals surface area contributed by atoms with Gasteiger partial charge >= 0.3 is 0 Å². The molecule has 0 bridgehead atoms. The van der Waals surface area contributed by atoms with Crippen molar-refractivity contribution in [3.05, 3.63) is 88.7 Å². The topological polar surface area (TPSA) is 48.5 Å². The Morgan fingerprint density at radius 1 is 0.853 bits per heavy atom. The monoisotopic (exact) mass is 452 g/mol. The first kappa shape index (κ1) is 22.4. The molecule has 1 unspecified atom stereocenters. The van der Waals surface area contributed by atoms with Crippen LogP contribution in [-0.4, -0.2) is 42.1 Å². The van der Waals surface area contributed by atoms with Gasteiger partial charge in [0.05, 0.1) is 22.8 Å². The van der Waals surface area contributed by atoms with Gasteiger partial charge in [-0.15, -0.1) is 0 Å². The van der Waals surface area contributed by atoms with E-state index in [1.54, 1.807) is 0 Å². The Bertz CT molecular complexity index is 1360. The molecule has 0 aliphatic carbocycles. The summed E-state index contributed by atoms with van der Waals surface area (Å²) in [7, 11) is 0. The van der Waals surface area contributed by atoms with Gasteiger partial charge in [0.25, 0.3) is 0 Å². The average molecular weight is 453 g/mol. The molecule has 0 amide bonds. The van der Waals surface area contributed by atoms with E-state index < -0.39 is 0 Å². The van der Waals surface area contributed by atoms with Gasteiger partial charge in [-0.25, -0.2) is 0 Å². The zero-order valence-corrected chi connectivity index (χ0v) is 20.2. The molecule has 1 saturated heterocycles. The fourth-order valence-electron chi connectivity index (χ4n) is 4.83. The van der Waals surface area contributed by atoms with Gasteiger partial charge in [0.15, 0.2) is 5.43 Å². The molecule has 3 aromatic carbocycles. The number of fused-ring (bicyclic) bond motifs is 2. The van der Waals surface area contributed by atoms with Crippen LogP contribution in [0.15, 0.2) is 77.7 Å². The highest BCUT2D eigenvalue weighted by atomic mass is 16.1. The number of hydrogen-bond donors (Lipinski definition) is 1. The third-order valence-corrected chi connectivity index (χ3v) is 6.96. The Kier molecular flexibility index (Phi) is 6.20. The molecule has 0 saturated carbocycles. The van der Waals surface area contributed by atoms with Crippen LogP contribution in [0, 0.1) is 0 Å². The molecule has 2 heterocycles. The maximum atomic E-state index is 13.7. The number of rotatable bonds is 5. The predicted octanol–water partition coefficient (Wildman–Crippen LogP) is 5.45. The van der Waals surface area contributed by atoms with Crippen molar-refractivity contribution in [2.24, 2.45) is 0 Å². The van der Waals surface area contributed by atoms with Crippen LogP contribution in [0.25, 0.3) is 21.7 Å². The Balaban J connectivity index is 1.49. The normalized spacial score (nSPS) is 15.7. The van der Waals surface area contributed by atoms with E-state index in [1.807, 2.05) is 60.8 Å². The van der Waals surface area contributed by atoms with Crippen LogP contribution in [-0.2, 0) is 0 Å². The zero-order chi connectivity index (χ0) is 23.7. The predicted molar refractivity (Wildman–Crippen MR) is 143 cm³/mol. The second kappa shape index (κ2) is 9.43. The molecular weight excluding hydrogens is 420 g/mol. The summed E-state index contributed by atoms with van der Waals surface area (Å²) in [5, 5.41) is 5.85. The fourth-order valence-corrected chi connectivity index (χ4v) is 4.83. The molecule has 4 aromatic rings. The smallest absolute Gasteiger partial charge is 0.195 e. The van der Waals surface area contributed by atoms with E-state index in [9.17, 15) is 4.79 Å². The minimum Gasteiger partial charge on any atom is -0.379 e. The highest BCUT2D eigenvalue weighted by Crippen LogP contribution is 2.25. The molecule has 0 spiro atoms. The maximum Gasteiger partial charge on any atom is 0.195 e. The number of anilines is 2. The van der Waals surface area contributed by atoms with Gasteiger partial charge in [0.1, 0.15) is 0 Å². The Morgan fingerprint density at radius 3 is 2.32 bits per heavy atom. The number of piperazine rings is 1. The van der Waals surface area contributed by atoms with E-state index in [4.69, 9.17) is 0 Å². The maximum absolute atomic E-state index is 13.7. The molecule has 1 aliphatic rings. The van der Waals surface area contributed by atoms with E-state index in [1.165, 1.54) is 5.56 Å². The fraction of sp³-hybridized carbons (Fsp3) is 0.310. The molecule has 1 aromatic heterocycles. The Labute approximate surface area is 201 Å². The van der Waals surface area contributed by atoms with Crippen molar-refractivity contribution in [2.75, 3.05) is 36.4 Å². The van der Waals surface area contributed by atoms with Crippen molar-refractivity contribution in [1.82, 2.24) is 9.88 Å². The Morgan fingerprint density at radius 2 is 1.59 bits per heavy atom. The van der Waals surface area contributed by atoms with E-state index in [2.05, 4.69) is 53.0 Å². The van der Waals surface area contributed by atoms with Gasteiger partial charge in [-0.3, -0.25) is 14.7 Å². The highest BCUT2D eigenvalue weighted by Gasteiger charge is 2.19. The van der Waals surface area contributed by atoms with Gasteiger partial charge in [0.2, 0.25) is 0 Å². The van der Waals surface area contributed by atoms with E-state index in [0.29, 0.717) is 16.8 Å². The number of nitrogens with zero attached hydrogens (tertiary/aromatic N) is 3. The highest BCUT2D eigenvalue weighted by molar-refractivity contribution is 5.94. The van der Waals surface area contributed by atoms with Crippen LogP contribution in [0.3, 0.4) is 0 Å².